The van der Waals surface area contributed by atoms with Gasteiger partial charge in [-0.25, -0.2) is 5.01 Å². The minimum atomic E-state index is 1.18. The van der Waals surface area contributed by atoms with Crippen molar-refractivity contribution >= 4 is 0 Å². The van der Waals surface area contributed by atoms with Gasteiger partial charge < -0.3 is 0 Å². The van der Waals surface area contributed by atoms with Gasteiger partial charge in [-0.3, -0.25) is 5.43 Å². The van der Waals surface area contributed by atoms with Gasteiger partial charge in [0, 0.05) is 19.6 Å². The Morgan fingerprint density at radius 3 is 2.29 bits per heavy atom. The molecule has 1 rings (SSSR count). The van der Waals surface area contributed by atoms with Crippen LogP contribution >= 0.6 is 0 Å². The zero-order valence-electron chi connectivity index (χ0n) is 9.73. The Balaban J connectivity index is 1.93. The summed E-state index contributed by atoms with van der Waals surface area (Å²) in [4.78, 5) is 0. The number of unbranched alkanes of at least 4 members (excludes halogenated alkanes) is 3. The molecule has 1 heterocycles. The first-order chi connectivity index (χ1) is 6.93. The van der Waals surface area contributed by atoms with Crippen LogP contribution in [0, 0.1) is 0 Å². The average molecular weight is 198 g/mol. The summed E-state index contributed by atoms with van der Waals surface area (Å²) in [6.07, 6.45) is 11.1. The molecule has 0 atom stereocenters. The van der Waals surface area contributed by atoms with Gasteiger partial charge in [0.1, 0.15) is 0 Å². The third kappa shape index (κ3) is 5.61. The van der Waals surface area contributed by atoms with E-state index in [0.29, 0.717) is 0 Å². The van der Waals surface area contributed by atoms with Crippen LogP contribution in [0.2, 0.25) is 0 Å². The molecule has 1 N–H and O–H groups in total. The maximum Gasteiger partial charge on any atom is 0.0130 e. The van der Waals surface area contributed by atoms with E-state index in [1.54, 1.807) is 0 Å². The Hall–Kier alpha value is -0.0800. The Morgan fingerprint density at radius 2 is 1.64 bits per heavy atom. The zero-order valence-corrected chi connectivity index (χ0v) is 9.73. The summed E-state index contributed by atoms with van der Waals surface area (Å²) in [6.45, 7) is 5.96. The lowest BCUT2D eigenvalue weighted by Gasteiger charge is -2.20. The lowest BCUT2D eigenvalue weighted by molar-refractivity contribution is 0.193. The van der Waals surface area contributed by atoms with Crippen molar-refractivity contribution in [1.29, 1.82) is 0 Å². The van der Waals surface area contributed by atoms with Crippen LogP contribution in [-0.2, 0) is 0 Å². The lowest BCUT2D eigenvalue weighted by atomic mass is 10.2. The number of hydrazine groups is 1. The van der Waals surface area contributed by atoms with E-state index in [2.05, 4.69) is 17.4 Å². The van der Waals surface area contributed by atoms with Gasteiger partial charge in [0.25, 0.3) is 0 Å². The number of nitrogens with zero attached hydrogens (tertiary/aromatic N) is 1. The van der Waals surface area contributed by atoms with Gasteiger partial charge in [-0.2, -0.15) is 0 Å². The van der Waals surface area contributed by atoms with E-state index in [1.165, 1.54) is 71.0 Å². The first-order valence-electron chi connectivity index (χ1n) is 6.42. The van der Waals surface area contributed by atoms with Gasteiger partial charge in [0.15, 0.2) is 0 Å². The van der Waals surface area contributed by atoms with Crippen molar-refractivity contribution in [2.24, 2.45) is 0 Å². The van der Waals surface area contributed by atoms with Gasteiger partial charge >= 0.3 is 0 Å². The molecule has 1 aliphatic rings. The summed E-state index contributed by atoms with van der Waals surface area (Å²) in [5, 5.41) is 2.43. The van der Waals surface area contributed by atoms with E-state index < -0.39 is 0 Å². The predicted octanol–water partition coefficient (Wildman–Crippen LogP) is 2.95. The molecule has 0 aromatic carbocycles. The maximum absolute atomic E-state index is 3.55. The van der Waals surface area contributed by atoms with E-state index >= 15 is 0 Å². The molecule has 2 heteroatoms. The lowest BCUT2D eigenvalue weighted by Crippen LogP contribution is -2.39. The van der Waals surface area contributed by atoms with E-state index in [4.69, 9.17) is 0 Å². The SMILES string of the molecule is CCCCCCNN1CCCCCC1. The summed E-state index contributed by atoms with van der Waals surface area (Å²) in [7, 11) is 0. The third-order valence-corrected chi connectivity index (χ3v) is 2.97. The van der Waals surface area contributed by atoms with Crippen LogP contribution in [-0.4, -0.2) is 24.6 Å². The smallest absolute Gasteiger partial charge is 0.0130 e. The van der Waals surface area contributed by atoms with Crippen molar-refractivity contribution in [3.05, 3.63) is 0 Å². The van der Waals surface area contributed by atoms with Crippen molar-refractivity contribution in [2.45, 2.75) is 58.3 Å². The van der Waals surface area contributed by atoms with Crippen LogP contribution in [0.25, 0.3) is 0 Å². The van der Waals surface area contributed by atoms with Crippen molar-refractivity contribution in [3.8, 4) is 0 Å². The van der Waals surface area contributed by atoms with Crippen LogP contribution in [0.5, 0.6) is 0 Å². The van der Waals surface area contributed by atoms with Crippen molar-refractivity contribution in [2.75, 3.05) is 19.6 Å². The average Bonchev–Trinajstić information content (AvgIpc) is 2.46. The summed E-state index contributed by atoms with van der Waals surface area (Å²) >= 11 is 0. The second-order valence-electron chi connectivity index (χ2n) is 4.37. The molecule has 0 aromatic rings. The fourth-order valence-electron chi connectivity index (χ4n) is 2.02. The standard InChI is InChI=1S/C12H26N2/c1-2-3-4-7-10-13-14-11-8-5-6-9-12-14/h13H,2-12H2,1H3. The maximum atomic E-state index is 3.55. The molecule has 0 spiro atoms. The number of hydrogen-bond acceptors (Lipinski definition) is 2. The molecule has 1 fully saturated rings. The molecule has 2 nitrogen and oxygen atoms in total. The normalized spacial score (nSPS) is 19.5. The molecular formula is C12H26N2. The van der Waals surface area contributed by atoms with E-state index in [-0.39, 0.29) is 0 Å². The molecule has 0 aromatic heterocycles. The summed E-state index contributed by atoms with van der Waals surface area (Å²) in [6, 6.07) is 0. The number of nitrogens with one attached hydrogen (secondary N) is 1. The van der Waals surface area contributed by atoms with Crippen molar-refractivity contribution in [3.63, 3.8) is 0 Å². The number of rotatable bonds is 6. The van der Waals surface area contributed by atoms with Gasteiger partial charge in [0.2, 0.25) is 0 Å². The Morgan fingerprint density at radius 1 is 0.929 bits per heavy atom. The molecular weight excluding hydrogens is 172 g/mol. The molecule has 1 aliphatic heterocycles. The largest absolute Gasteiger partial charge is 0.255 e. The topological polar surface area (TPSA) is 15.3 Å². The summed E-state index contributed by atoms with van der Waals surface area (Å²) < 4.78 is 0. The van der Waals surface area contributed by atoms with Crippen molar-refractivity contribution < 1.29 is 0 Å². The number of hydrogen-bond donors (Lipinski definition) is 1. The van der Waals surface area contributed by atoms with E-state index in [9.17, 15) is 0 Å². The van der Waals surface area contributed by atoms with Crippen LogP contribution in [0.4, 0.5) is 0 Å². The highest BCUT2D eigenvalue weighted by molar-refractivity contribution is 4.59. The van der Waals surface area contributed by atoms with Gasteiger partial charge in [-0.05, 0) is 19.3 Å². The molecule has 0 radical (unpaired) electrons. The monoisotopic (exact) mass is 198 g/mol. The Bertz CT molecular complexity index is 117. The molecule has 0 aliphatic carbocycles. The molecule has 0 bridgehead atoms. The van der Waals surface area contributed by atoms with Crippen LogP contribution < -0.4 is 5.43 Å². The minimum Gasteiger partial charge on any atom is -0.255 e. The Labute approximate surface area is 89.0 Å². The fraction of sp³-hybridized carbons (Fsp3) is 1.00. The predicted molar refractivity (Wildman–Crippen MR) is 62.2 cm³/mol. The Kier molecular flexibility index (Phi) is 7.06. The van der Waals surface area contributed by atoms with Gasteiger partial charge in [-0.15, -0.1) is 0 Å². The van der Waals surface area contributed by atoms with Crippen LogP contribution in [0.1, 0.15) is 58.3 Å². The highest BCUT2D eigenvalue weighted by Gasteiger charge is 2.06. The molecule has 0 saturated carbocycles. The fourth-order valence-corrected chi connectivity index (χ4v) is 2.02. The van der Waals surface area contributed by atoms with Gasteiger partial charge in [-0.1, -0.05) is 39.0 Å². The zero-order chi connectivity index (χ0) is 10.1. The highest BCUT2D eigenvalue weighted by atomic mass is 15.5. The second-order valence-corrected chi connectivity index (χ2v) is 4.37. The van der Waals surface area contributed by atoms with E-state index in [1.807, 2.05) is 0 Å². The molecule has 0 amide bonds. The van der Waals surface area contributed by atoms with Gasteiger partial charge in [0.05, 0.1) is 0 Å². The highest BCUT2D eigenvalue weighted by Crippen LogP contribution is 2.07. The minimum absolute atomic E-state index is 1.18. The van der Waals surface area contributed by atoms with Crippen LogP contribution in [0.15, 0.2) is 0 Å². The van der Waals surface area contributed by atoms with Crippen LogP contribution in [0.3, 0.4) is 0 Å². The molecule has 1 saturated heterocycles. The molecule has 84 valence electrons. The molecule has 14 heavy (non-hydrogen) atoms. The molecule has 0 unspecified atom stereocenters. The first-order valence-corrected chi connectivity index (χ1v) is 6.42. The summed E-state index contributed by atoms with van der Waals surface area (Å²) in [5.41, 5.74) is 3.55. The quantitative estimate of drug-likeness (QED) is 0.660. The summed E-state index contributed by atoms with van der Waals surface area (Å²) in [5.74, 6) is 0. The third-order valence-electron chi connectivity index (χ3n) is 2.97. The van der Waals surface area contributed by atoms with E-state index in [0.717, 1.165) is 0 Å². The first kappa shape index (κ1) is 12.0. The van der Waals surface area contributed by atoms with Crippen molar-refractivity contribution in [1.82, 2.24) is 10.4 Å². The second kappa shape index (κ2) is 8.25.